The summed E-state index contributed by atoms with van der Waals surface area (Å²) in [6.45, 7) is 17.0. The number of hydrogen-bond acceptors (Lipinski definition) is 9. The van der Waals surface area contributed by atoms with Crippen LogP contribution in [0.1, 0.15) is 260 Å². The molecule has 0 amide bonds. The Morgan fingerprint density at radius 1 is 0.571 bits per heavy atom. The first kappa shape index (κ1) is 60.7. The fourth-order valence-corrected chi connectivity index (χ4v) is 8.14. The minimum Gasteiger partial charge on any atom is -0.466 e. The molecule has 63 heavy (non-hydrogen) atoms. The molecule has 0 aliphatic heterocycles. The van der Waals surface area contributed by atoms with Gasteiger partial charge in [0, 0.05) is 32.0 Å². The van der Waals surface area contributed by atoms with E-state index in [-0.39, 0.29) is 11.5 Å². The lowest BCUT2D eigenvalue weighted by Crippen LogP contribution is -2.42. The standard InChI is InChI=1S/C36H65N3O5.C18H38O/c1-5-6-7-8-11-17-22-30-44-31(41)24-18-13-12-15-20-27-39(26-19-14-9-10-16-21-29-40)28-23-25-37-32-33(35(43)34(32)42)38-36(2,3)4;1-4-6-8-10-12-14-16-18(19-3)17-15-13-11-9-7-5-2/h29,37-38H,5-28,30H2,1-4H3;18H,4-17H2,1-3H3. The quantitative estimate of drug-likeness (QED) is 0.0286. The van der Waals surface area contributed by atoms with Gasteiger partial charge in [0.15, 0.2) is 0 Å². The Bertz CT molecular complexity index is 1220. The van der Waals surface area contributed by atoms with Gasteiger partial charge in [-0.15, -0.1) is 0 Å². The molecule has 0 saturated carbocycles. The Hall–Kier alpha value is -2.26. The third-order valence-electron chi connectivity index (χ3n) is 12.1. The highest BCUT2D eigenvalue weighted by molar-refractivity contribution is 5.74. The topological polar surface area (TPSA) is 114 Å². The number of carbonyl (C=O) groups excluding carboxylic acids is 2. The van der Waals surface area contributed by atoms with Crippen molar-refractivity contribution in [1.29, 1.82) is 0 Å². The van der Waals surface area contributed by atoms with E-state index in [1.165, 1.54) is 135 Å². The lowest BCUT2D eigenvalue weighted by Gasteiger charge is -2.25. The van der Waals surface area contributed by atoms with Gasteiger partial charge in [0.1, 0.15) is 17.7 Å². The van der Waals surface area contributed by atoms with Gasteiger partial charge in [-0.05, 0) is 91.8 Å². The van der Waals surface area contributed by atoms with Gasteiger partial charge in [0.2, 0.25) is 0 Å². The van der Waals surface area contributed by atoms with E-state index in [2.05, 4.69) is 36.3 Å². The number of esters is 1. The molecule has 1 aromatic carbocycles. The Morgan fingerprint density at radius 2 is 1.00 bits per heavy atom. The zero-order chi connectivity index (χ0) is 46.7. The van der Waals surface area contributed by atoms with E-state index >= 15 is 0 Å². The van der Waals surface area contributed by atoms with Gasteiger partial charge < -0.3 is 29.8 Å². The second kappa shape index (κ2) is 43.6. The van der Waals surface area contributed by atoms with Crippen molar-refractivity contribution in [2.75, 3.05) is 50.5 Å². The number of anilines is 2. The molecule has 0 aromatic heterocycles. The lowest BCUT2D eigenvalue weighted by molar-refractivity contribution is -0.143. The summed E-state index contributed by atoms with van der Waals surface area (Å²) in [4.78, 5) is 49.1. The van der Waals surface area contributed by atoms with Crippen molar-refractivity contribution < 1.29 is 19.1 Å². The lowest BCUT2D eigenvalue weighted by atomic mass is 10.0. The van der Waals surface area contributed by atoms with Crippen molar-refractivity contribution in [3.63, 3.8) is 0 Å². The Kier molecular flexibility index (Phi) is 42.1. The molecule has 0 spiro atoms. The zero-order valence-electron chi connectivity index (χ0n) is 42.6. The summed E-state index contributed by atoms with van der Waals surface area (Å²) in [7, 11) is 1.89. The Labute approximate surface area is 388 Å². The number of rotatable bonds is 45. The number of nitrogens with zero attached hydrogens (tertiary/aromatic N) is 1. The molecule has 0 aliphatic rings. The third kappa shape index (κ3) is 37.6. The van der Waals surface area contributed by atoms with E-state index in [4.69, 9.17) is 9.47 Å². The molecule has 0 fully saturated rings. The highest BCUT2D eigenvalue weighted by Crippen LogP contribution is 2.20. The summed E-state index contributed by atoms with van der Waals surface area (Å²) in [6.07, 6.45) is 42.4. The molecule has 0 bridgehead atoms. The molecule has 2 N–H and O–H groups in total. The van der Waals surface area contributed by atoms with Crippen molar-refractivity contribution >= 4 is 23.6 Å². The minimum absolute atomic E-state index is 0.0491. The van der Waals surface area contributed by atoms with Crippen molar-refractivity contribution in [2.24, 2.45) is 0 Å². The third-order valence-corrected chi connectivity index (χ3v) is 12.1. The van der Waals surface area contributed by atoms with Crippen LogP contribution < -0.4 is 21.5 Å². The zero-order valence-corrected chi connectivity index (χ0v) is 42.6. The summed E-state index contributed by atoms with van der Waals surface area (Å²) < 4.78 is 11.0. The fourth-order valence-electron chi connectivity index (χ4n) is 8.14. The van der Waals surface area contributed by atoms with Crippen LogP contribution in [-0.2, 0) is 19.1 Å². The molecular formula is C54H103N3O6. The summed E-state index contributed by atoms with van der Waals surface area (Å²) in [5, 5.41) is 6.36. The van der Waals surface area contributed by atoms with Crippen molar-refractivity contribution in [1.82, 2.24) is 4.90 Å². The van der Waals surface area contributed by atoms with E-state index in [1.807, 2.05) is 27.9 Å². The van der Waals surface area contributed by atoms with Crippen LogP contribution in [0.4, 0.5) is 11.4 Å². The number of aldehydes is 1. The van der Waals surface area contributed by atoms with Gasteiger partial charge in [-0.1, -0.05) is 175 Å². The molecule has 370 valence electrons. The van der Waals surface area contributed by atoms with E-state index in [9.17, 15) is 19.2 Å². The Morgan fingerprint density at radius 3 is 1.49 bits per heavy atom. The van der Waals surface area contributed by atoms with Crippen LogP contribution >= 0.6 is 0 Å². The number of nitrogens with one attached hydrogen (secondary N) is 2. The van der Waals surface area contributed by atoms with Crippen LogP contribution in [0.3, 0.4) is 0 Å². The normalized spacial score (nSPS) is 11.6. The predicted octanol–water partition coefficient (Wildman–Crippen LogP) is 14.3. The van der Waals surface area contributed by atoms with E-state index < -0.39 is 10.9 Å². The smallest absolute Gasteiger partial charge is 0.305 e. The molecule has 0 saturated heterocycles. The average molecular weight is 890 g/mol. The van der Waals surface area contributed by atoms with Crippen molar-refractivity contribution in [3.8, 4) is 0 Å². The summed E-state index contributed by atoms with van der Waals surface area (Å²) in [5.74, 6) is -0.0491. The number of unbranched alkanes of at least 4 members (excludes halogenated alkanes) is 25. The van der Waals surface area contributed by atoms with Crippen LogP contribution in [0.25, 0.3) is 0 Å². The number of hydrogen-bond donors (Lipinski definition) is 2. The minimum atomic E-state index is -0.433. The summed E-state index contributed by atoms with van der Waals surface area (Å²) >= 11 is 0. The predicted molar refractivity (Wildman–Crippen MR) is 271 cm³/mol. The van der Waals surface area contributed by atoms with Gasteiger partial charge in [-0.25, -0.2) is 0 Å². The first-order chi connectivity index (χ1) is 30.5. The first-order valence-corrected chi connectivity index (χ1v) is 26.7. The molecule has 1 rings (SSSR count). The fraction of sp³-hybridized carbons (Fsp3) is 0.889. The van der Waals surface area contributed by atoms with Crippen LogP contribution in [0.5, 0.6) is 0 Å². The van der Waals surface area contributed by atoms with Gasteiger partial charge in [-0.2, -0.15) is 0 Å². The molecule has 0 aliphatic carbocycles. The molecule has 0 atom stereocenters. The van der Waals surface area contributed by atoms with Gasteiger partial charge >= 0.3 is 5.97 Å². The number of ether oxygens (including phenoxy) is 2. The van der Waals surface area contributed by atoms with Gasteiger partial charge in [-0.3, -0.25) is 14.4 Å². The van der Waals surface area contributed by atoms with E-state index in [0.29, 0.717) is 43.5 Å². The average Bonchev–Trinajstić information content (AvgIpc) is 3.26. The van der Waals surface area contributed by atoms with Crippen LogP contribution in [0.2, 0.25) is 0 Å². The molecule has 0 unspecified atom stereocenters. The molecule has 0 radical (unpaired) electrons. The maximum Gasteiger partial charge on any atom is 0.305 e. The van der Waals surface area contributed by atoms with Crippen molar-refractivity contribution in [3.05, 3.63) is 20.4 Å². The van der Waals surface area contributed by atoms with Gasteiger partial charge in [0.05, 0.1) is 12.7 Å². The van der Waals surface area contributed by atoms with Crippen LogP contribution in [0, 0.1) is 0 Å². The maximum absolute atomic E-state index is 12.1. The highest BCUT2D eigenvalue weighted by atomic mass is 16.5. The Balaban J connectivity index is 0.00000169. The first-order valence-electron chi connectivity index (χ1n) is 26.7. The van der Waals surface area contributed by atoms with Gasteiger partial charge in [0.25, 0.3) is 10.9 Å². The second-order valence-electron chi connectivity index (χ2n) is 19.5. The van der Waals surface area contributed by atoms with Crippen LogP contribution in [0.15, 0.2) is 9.59 Å². The summed E-state index contributed by atoms with van der Waals surface area (Å²) in [5.41, 5.74) is -0.301. The van der Waals surface area contributed by atoms with E-state index in [1.54, 1.807) is 0 Å². The monoisotopic (exact) mass is 890 g/mol. The number of methoxy groups -OCH3 is 1. The largest absolute Gasteiger partial charge is 0.466 e. The molecule has 0 heterocycles. The molecule has 9 nitrogen and oxygen atoms in total. The van der Waals surface area contributed by atoms with Crippen LogP contribution in [-0.4, -0.2) is 68.7 Å². The maximum atomic E-state index is 12.1. The SMILES string of the molecule is CCCCCCCCC(CCCCCCCC)OC.CCCCCCCCCOC(=O)CCCCCCCN(CCCCCCCC=O)CCCNc1c(NC(C)(C)C)c(=O)c1=O. The molecule has 9 heteroatoms. The van der Waals surface area contributed by atoms with E-state index in [0.717, 1.165) is 96.5 Å². The second-order valence-corrected chi connectivity index (χ2v) is 19.5. The highest BCUT2D eigenvalue weighted by Gasteiger charge is 2.24. The molecular weight excluding hydrogens is 787 g/mol. The molecule has 1 aromatic rings. The van der Waals surface area contributed by atoms with Crippen molar-refractivity contribution in [2.45, 2.75) is 271 Å². The number of carbonyl (C=O) groups is 2. The summed E-state index contributed by atoms with van der Waals surface area (Å²) in [6, 6.07) is 0.